The van der Waals surface area contributed by atoms with E-state index in [1.165, 1.54) is 27.5 Å². The Kier molecular flexibility index (Phi) is 6.60. The molecule has 0 radical (unpaired) electrons. The van der Waals surface area contributed by atoms with Crippen molar-refractivity contribution in [3.63, 3.8) is 0 Å². The molecule has 0 fully saturated rings. The molecule has 0 spiro atoms. The van der Waals surface area contributed by atoms with Gasteiger partial charge in [0, 0.05) is 11.8 Å². The van der Waals surface area contributed by atoms with Crippen LogP contribution in [0.2, 0.25) is 0 Å². The van der Waals surface area contributed by atoms with E-state index in [9.17, 15) is 27.6 Å². The summed E-state index contributed by atoms with van der Waals surface area (Å²) in [7, 11) is 0. The number of alkyl halides is 3. The number of esters is 1. The van der Waals surface area contributed by atoms with Gasteiger partial charge >= 0.3 is 12.1 Å². The lowest BCUT2D eigenvalue weighted by atomic mass is 10.1. The number of hydrogen-bond acceptors (Lipinski definition) is 6. The van der Waals surface area contributed by atoms with Crippen LogP contribution >= 0.6 is 0 Å². The zero-order valence-corrected chi connectivity index (χ0v) is 20.3. The van der Waals surface area contributed by atoms with Crippen LogP contribution in [0.25, 0.3) is 16.7 Å². The first kappa shape index (κ1) is 25.6. The highest BCUT2D eigenvalue weighted by molar-refractivity contribution is 5.97. The Morgan fingerprint density at radius 1 is 1.08 bits per heavy atom. The summed E-state index contributed by atoms with van der Waals surface area (Å²) in [5.41, 5.74) is -1.55. The fourth-order valence-electron chi connectivity index (χ4n) is 4.03. The van der Waals surface area contributed by atoms with Gasteiger partial charge in [-0.1, -0.05) is 6.07 Å². The molecule has 0 aliphatic heterocycles. The molecule has 1 amide bonds. The second-order valence-electron chi connectivity index (χ2n) is 8.34. The first-order valence-electron chi connectivity index (χ1n) is 11.7. The number of carbonyl (C=O) groups is 2. The van der Waals surface area contributed by atoms with Gasteiger partial charge in [0.1, 0.15) is 22.6 Å². The second kappa shape index (κ2) is 10.0. The molecule has 5 rings (SSSR count). The first-order chi connectivity index (χ1) is 18.7. The van der Waals surface area contributed by atoms with Crippen molar-refractivity contribution in [2.24, 2.45) is 4.99 Å². The van der Waals surface area contributed by atoms with E-state index in [0.717, 1.165) is 24.3 Å². The van der Waals surface area contributed by atoms with Crippen molar-refractivity contribution < 1.29 is 31.9 Å². The van der Waals surface area contributed by atoms with Crippen LogP contribution in [-0.4, -0.2) is 32.4 Å². The highest BCUT2D eigenvalue weighted by Crippen LogP contribution is 2.29. The Labute approximate surface area is 217 Å². The van der Waals surface area contributed by atoms with Crippen LogP contribution in [0, 0.1) is 0 Å². The number of benzene rings is 1. The van der Waals surface area contributed by atoms with Gasteiger partial charge in [-0.2, -0.15) is 18.2 Å². The Morgan fingerprint density at radius 2 is 1.85 bits per heavy atom. The third-order valence-corrected chi connectivity index (χ3v) is 5.85. The van der Waals surface area contributed by atoms with Crippen LogP contribution in [0.5, 0.6) is 0 Å². The van der Waals surface area contributed by atoms with Crippen molar-refractivity contribution in [2.45, 2.75) is 19.6 Å². The molecule has 0 N–H and O–H groups in total. The van der Waals surface area contributed by atoms with Crippen molar-refractivity contribution >= 4 is 28.6 Å². The molecule has 0 bridgehead atoms. The van der Waals surface area contributed by atoms with E-state index in [0.29, 0.717) is 11.4 Å². The van der Waals surface area contributed by atoms with Gasteiger partial charge < -0.3 is 13.7 Å². The third kappa shape index (κ3) is 4.96. The molecule has 12 heteroatoms. The quantitative estimate of drug-likeness (QED) is 0.246. The van der Waals surface area contributed by atoms with Gasteiger partial charge in [-0.15, -0.1) is 0 Å². The number of pyridine rings is 2. The number of aromatic nitrogens is 3. The lowest BCUT2D eigenvalue weighted by molar-refractivity contribution is -0.137. The minimum absolute atomic E-state index is 0.00367. The Morgan fingerprint density at radius 3 is 2.51 bits per heavy atom. The summed E-state index contributed by atoms with van der Waals surface area (Å²) >= 11 is 0. The van der Waals surface area contributed by atoms with Crippen LogP contribution in [0.4, 0.5) is 13.2 Å². The number of fused-ring (bicyclic) bond motifs is 2. The third-order valence-electron chi connectivity index (χ3n) is 5.85. The van der Waals surface area contributed by atoms with Crippen LogP contribution in [-0.2, 0) is 17.5 Å². The van der Waals surface area contributed by atoms with Crippen LogP contribution < -0.4 is 11.0 Å². The highest BCUT2D eigenvalue weighted by Gasteiger charge is 2.30. The Balaban J connectivity index is 1.82. The van der Waals surface area contributed by atoms with Crippen molar-refractivity contribution in [3.05, 3.63) is 111 Å². The summed E-state index contributed by atoms with van der Waals surface area (Å²) in [6.07, 6.45) is -1.63. The van der Waals surface area contributed by atoms with Crippen molar-refractivity contribution in [2.75, 3.05) is 6.61 Å². The molecule has 5 aromatic rings. The molecule has 0 atom stereocenters. The average molecular weight is 536 g/mol. The monoisotopic (exact) mass is 536 g/mol. The molecule has 0 aliphatic rings. The predicted octanol–water partition coefficient (Wildman–Crippen LogP) is 4.23. The number of rotatable bonds is 5. The van der Waals surface area contributed by atoms with E-state index >= 15 is 0 Å². The van der Waals surface area contributed by atoms with E-state index in [1.807, 2.05) is 0 Å². The molecular formula is C27H19F3N4O5. The van der Waals surface area contributed by atoms with Gasteiger partial charge in [-0.25, -0.2) is 9.78 Å². The second-order valence-corrected chi connectivity index (χ2v) is 8.34. The molecule has 0 saturated heterocycles. The predicted molar refractivity (Wildman–Crippen MR) is 132 cm³/mol. The highest BCUT2D eigenvalue weighted by atomic mass is 19.4. The molecule has 0 aliphatic carbocycles. The summed E-state index contributed by atoms with van der Waals surface area (Å²) in [6, 6.07) is 13.0. The zero-order chi connectivity index (χ0) is 27.7. The van der Waals surface area contributed by atoms with E-state index < -0.39 is 29.2 Å². The van der Waals surface area contributed by atoms with Crippen LogP contribution in [0.15, 0.2) is 87.3 Å². The maximum absolute atomic E-state index is 13.4. The SMILES string of the molecule is CCOC(=O)c1cc2c(=O)n3ccccc3nc2n(Cc2ccco2)c1=NC(=O)c1ccc(C(F)(F)F)cc1. The molecule has 9 nitrogen and oxygen atoms in total. The lowest BCUT2D eigenvalue weighted by Crippen LogP contribution is -2.33. The van der Waals surface area contributed by atoms with Gasteiger partial charge in [-0.05, 0) is 61.5 Å². The minimum atomic E-state index is -4.58. The maximum atomic E-state index is 13.4. The van der Waals surface area contributed by atoms with Crippen LogP contribution in [0.1, 0.15) is 39.0 Å². The van der Waals surface area contributed by atoms with Gasteiger partial charge in [0.15, 0.2) is 5.49 Å². The molecule has 0 unspecified atom stereocenters. The summed E-state index contributed by atoms with van der Waals surface area (Å²) in [4.78, 5) is 48.3. The maximum Gasteiger partial charge on any atom is 0.416 e. The summed E-state index contributed by atoms with van der Waals surface area (Å²) in [5, 5.41) is 0.0502. The topological polar surface area (TPSA) is 108 Å². The standard InChI is InChI=1S/C27H19F3N4O5/c1-2-38-26(37)20-14-19-22(31-21-7-3-4-12-33(21)25(19)36)34(15-18-6-5-13-39-18)23(20)32-24(35)16-8-10-17(11-9-16)27(28,29)30/h3-14H,2,15H2,1H3. The fraction of sp³-hybridized carbons (Fsp3) is 0.148. The Bertz CT molecular complexity index is 1840. The Hall–Kier alpha value is -5.00. The smallest absolute Gasteiger partial charge is 0.416 e. The minimum Gasteiger partial charge on any atom is -0.467 e. The van der Waals surface area contributed by atoms with Gasteiger partial charge in [-0.3, -0.25) is 14.0 Å². The van der Waals surface area contributed by atoms with E-state index in [1.54, 1.807) is 37.3 Å². The molecule has 1 aromatic carbocycles. The number of nitrogens with zero attached hydrogens (tertiary/aromatic N) is 4. The molecule has 0 saturated carbocycles. The van der Waals surface area contributed by atoms with Crippen molar-refractivity contribution in [1.29, 1.82) is 0 Å². The van der Waals surface area contributed by atoms with Gasteiger partial charge in [0.05, 0.1) is 30.4 Å². The zero-order valence-electron chi connectivity index (χ0n) is 20.3. The number of hydrogen-bond donors (Lipinski definition) is 0. The van der Waals surface area contributed by atoms with E-state index in [-0.39, 0.29) is 40.8 Å². The molecule has 39 heavy (non-hydrogen) atoms. The lowest BCUT2D eigenvalue weighted by Gasteiger charge is -2.14. The van der Waals surface area contributed by atoms with Gasteiger partial charge in [0.2, 0.25) is 0 Å². The summed E-state index contributed by atoms with van der Waals surface area (Å²) < 4.78 is 52.3. The molecule has 4 heterocycles. The number of halogens is 3. The van der Waals surface area contributed by atoms with Crippen molar-refractivity contribution in [3.8, 4) is 0 Å². The van der Waals surface area contributed by atoms with Gasteiger partial charge in [0.25, 0.3) is 11.5 Å². The number of amides is 1. The first-order valence-corrected chi connectivity index (χ1v) is 11.7. The molecule has 198 valence electrons. The normalized spacial score (nSPS) is 12.3. The number of ether oxygens (including phenoxy) is 1. The summed E-state index contributed by atoms with van der Waals surface area (Å²) in [5.74, 6) is -1.38. The number of carbonyl (C=O) groups excluding carboxylic acids is 2. The largest absolute Gasteiger partial charge is 0.467 e. The average Bonchev–Trinajstić information content (AvgIpc) is 3.43. The molecular weight excluding hydrogens is 517 g/mol. The van der Waals surface area contributed by atoms with E-state index in [4.69, 9.17) is 9.15 Å². The van der Waals surface area contributed by atoms with Crippen LogP contribution in [0.3, 0.4) is 0 Å². The van der Waals surface area contributed by atoms with E-state index in [2.05, 4.69) is 9.98 Å². The van der Waals surface area contributed by atoms with Crippen molar-refractivity contribution in [1.82, 2.24) is 14.0 Å². The fourth-order valence-corrected chi connectivity index (χ4v) is 4.03. The molecule has 4 aromatic heterocycles. The summed E-state index contributed by atoms with van der Waals surface area (Å²) in [6.45, 7) is 1.51. The number of furan rings is 1.